The van der Waals surface area contributed by atoms with Crippen LogP contribution in [0.3, 0.4) is 0 Å². The second-order valence-electron chi connectivity index (χ2n) is 5.12. The Bertz CT molecular complexity index is 573. The molecule has 19 heavy (non-hydrogen) atoms. The molecule has 1 aromatic carbocycles. The van der Waals surface area contributed by atoms with E-state index in [1.54, 1.807) is 23.1 Å². The first kappa shape index (κ1) is 13.2. The highest BCUT2D eigenvalue weighted by atomic mass is 32.2. The van der Waals surface area contributed by atoms with E-state index in [1.807, 2.05) is 6.92 Å². The number of hydrogen-bond acceptors (Lipinski definition) is 4. The van der Waals surface area contributed by atoms with Crippen molar-refractivity contribution in [1.29, 1.82) is 0 Å². The molecule has 0 atom stereocenters. The van der Waals surface area contributed by atoms with Crippen molar-refractivity contribution in [3.8, 4) is 0 Å². The molecule has 2 nitrogen and oxygen atoms in total. The largest absolute Gasteiger partial charge is 0.310 e. The van der Waals surface area contributed by atoms with Crippen LogP contribution in [0.15, 0.2) is 32.8 Å². The molecule has 1 heterocycles. The van der Waals surface area contributed by atoms with Gasteiger partial charge in [0.2, 0.25) is 0 Å². The van der Waals surface area contributed by atoms with E-state index in [4.69, 9.17) is 0 Å². The van der Waals surface area contributed by atoms with Crippen molar-refractivity contribution in [2.45, 2.75) is 48.5 Å². The van der Waals surface area contributed by atoms with Crippen LogP contribution in [0.2, 0.25) is 0 Å². The molecule has 1 saturated carbocycles. The summed E-state index contributed by atoms with van der Waals surface area (Å²) in [6.07, 6.45) is 2.67. The Balaban J connectivity index is 1.77. The van der Waals surface area contributed by atoms with E-state index in [1.165, 1.54) is 28.9 Å². The molecule has 1 aliphatic carbocycles. The molecule has 0 spiro atoms. The lowest BCUT2D eigenvalue weighted by atomic mass is 10.1. The molecular weight excluding hydrogens is 272 g/mol. The Morgan fingerprint density at radius 1 is 1.37 bits per heavy atom. The van der Waals surface area contributed by atoms with E-state index in [0.717, 1.165) is 22.6 Å². The number of nitrogens with one attached hydrogen (secondary N) is 1. The van der Waals surface area contributed by atoms with E-state index >= 15 is 0 Å². The number of nitrogens with zero attached hydrogens (tertiary/aromatic N) is 1. The van der Waals surface area contributed by atoms with Crippen LogP contribution >= 0.6 is 23.1 Å². The smallest absolute Gasteiger partial charge is 0.154 e. The van der Waals surface area contributed by atoms with Crippen LogP contribution in [0.1, 0.15) is 29.7 Å². The van der Waals surface area contributed by atoms with Crippen molar-refractivity contribution in [3.63, 3.8) is 0 Å². The van der Waals surface area contributed by atoms with Gasteiger partial charge in [-0.15, -0.1) is 11.3 Å². The van der Waals surface area contributed by atoms with Gasteiger partial charge in [0.25, 0.3) is 0 Å². The molecule has 0 amide bonds. The van der Waals surface area contributed by atoms with Gasteiger partial charge in [0.15, 0.2) is 4.34 Å². The summed E-state index contributed by atoms with van der Waals surface area (Å²) in [5, 5.41) is 5.71. The minimum absolute atomic E-state index is 0.750. The van der Waals surface area contributed by atoms with Crippen LogP contribution in [0.4, 0.5) is 0 Å². The van der Waals surface area contributed by atoms with E-state index < -0.39 is 0 Å². The average molecular weight is 290 g/mol. The number of aryl methyl sites for hydroxylation is 2. The molecule has 100 valence electrons. The fraction of sp³-hybridized carbons (Fsp3) is 0.400. The molecule has 0 radical (unpaired) electrons. The Morgan fingerprint density at radius 2 is 2.21 bits per heavy atom. The zero-order chi connectivity index (χ0) is 13.2. The zero-order valence-corrected chi connectivity index (χ0v) is 12.9. The molecule has 0 saturated heterocycles. The predicted molar refractivity (Wildman–Crippen MR) is 82.0 cm³/mol. The fourth-order valence-electron chi connectivity index (χ4n) is 1.96. The maximum absolute atomic E-state index is 4.54. The molecular formula is C15H18N2S2. The summed E-state index contributed by atoms with van der Waals surface area (Å²) in [6.45, 7) is 5.17. The summed E-state index contributed by atoms with van der Waals surface area (Å²) in [5.74, 6) is 0. The number of aromatic nitrogens is 1. The van der Waals surface area contributed by atoms with Crippen molar-refractivity contribution in [2.75, 3.05) is 0 Å². The summed E-state index contributed by atoms with van der Waals surface area (Å²) in [7, 11) is 0. The van der Waals surface area contributed by atoms with Crippen LogP contribution in [0.25, 0.3) is 0 Å². The first-order chi connectivity index (χ1) is 9.20. The minimum atomic E-state index is 0.750. The van der Waals surface area contributed by atoms with E-state index in [2.05, 4.69) is 40.8 Å². The highest BCUT2D eigenvalue weighted by Crippen LogP contribution is 2.33. The van der Waals surface area contributed by atoms with Crippen LogP contribution in [0, 0.1) is 13.8 Å². The van der Waals surface area contributed by atoms with E-state index in [0.29, 0.717) is 0 Å². The van der Waals surface area contributed by atoms with Crippen LogP contribution < -0.4 is 5.32 Å². The molecule has 1 aliphatic rings. The molecule has 2 aromatic rings. The lowest BCUT2D eigenvalue weighted by Crippen LogP contribution is -2.15. The van der Waals surface area contributed by atoms with Crippen LogP contribution in [-0.4, -0.2) is 11.0 Å². The maximum atomic E-state index is 4.54. The molecule has 1 fully saturated rings. The SMILES string of the molecule is Cc1ccc(Sc2nc(C)cs2)c(CNC2CC2)c1. The van der Waals surface area contributed by atoms with Gasteiger partial charge in [0, 0.05) is 28.6 Å². The van der Waals surface area contributed by atoms with Crippen LogP contribution in [-0.2, 0) is 6.54 Å². The quantitative estimate of drug-likeness (QED) is 0.895. The predicted octanol–water partition coefficient (Wildman–Crippen LogP) is 4.16. The molecule has 0 aliphatic heterocycles. The monoisotopic (exact) mass is 290 g/mol. The van der Waals surface area contributed by atoms with Gasteiger partial charge < -0.3 is 5.32 Å². The number of rotatable bonds is 5. The molecule has 1 aromatic heterocycles. The molecule has 3 rings (SSSR count). The highest BCUT2D eigenvalue weighted by Gasteiger charge is 2.20. The van der Waals surface area contributed by atoms with E-state index in [9.17, 15) is 0 Å². The van der Waals surface area contributed by atoms with Gasteiger partial charge in [0.1, 0.15) is 0 Å². The summed E-state index contributed by atoms with van der Waals surface area (Å²) in [5.41, 5.74) is 3.83. The third-order valence-corrected chi connectivity index (χ3v) is 5.34. The second kappa shape index (κ2) is 5.65. The molecule has 4 heteroatoms. The fourth-order valence-corrected chi connectivity index (χ4v) is 3.86. The Hall–Kier alpha value is -0.840. The van der Waals surface area contributed by atoms with Gasteiger partial charge in [-0.1, -0.05) is 29.5 Å². The minimum Gasteiger partial charge on any atom is -0.310 e. The van der Waals surface area contributed by atoms with Gasteiger partial charge in [-0.25, -0.2) is 4.98 Å². The Labute approximate surface area is 122 Å². The third kappa shape index (κ3) is 3.59. The highest BCUT2D eigenvalue weighted by molar-refractivity contribution is 8.01. The van der Waals surface area contributed by atoms with Crippen molar-refractivity contribution in [1.82, 2.24) is 10.3 Å². The van der Waals surface area contributed by atoms with Crippen molar-refractivity contribution >= 4 is 23.1 Å². The molecule has 0 bridgehead atoms. The first-order valence-corrected chi connectivity index (χ1v) is 8.33. The topological polar surface area (TPSA) is 24.9 Å². The molecule has 1 N–H and O–H groups in total. The van der Waals surface area contributed by atoms with Crippen LogP contribution in [0.5, 0.6) is 0 Å². The number of benzene rings is 1. The standard InChI is InChI=1S/C15H18N2S2/c1-10-3-6-14(19-15-17-11(2)9-18-15)12(7-10)8-16-13-4-5-13/h3,6-7,9,13,16H,4-5,8H2,1-2H3. The maximum Gasteiger partial charge on any atom is 0.154 e. The van der Waals surface area contributed by atoms with Gasteiger partial charge in [-0.05, 0) is 38.3 Å². The first-order valence-electron chi connectivity index (χ1n) is 6.63. The summed E-state index contributed by atoms with van der Waals surface area (Å²) < 4.78 is 1.13. The van der Waals surface area contributed by atoms with E-state index in [-0.39, 0.29) is 0 Å². The molecule has 0 unspecified atom stereocenters. The summed E-state index contributed by atoms with van der Waals surface area (Å²) in [4.78, 5) is 5.87. The van der Waals surface area contributed by atoms with Crippen molar-refractivity contribution in [2.24, 2.45) is 0 Å². The lowest BCUT2D eigenvalue weighted by molar-refractivity contribution is 0.680. The Morgan fingerprint density at radius 3 is 2.89 bits per heavy atom. The summed E-state index contributed by atoms with van der Waals surface area (Å²) >= 11 is 3.51. The zero-order valence-electron chi connectivity index (χ0n) is 11.3. The van der Waals surface area contributed by atoms with Gasteiger partial charge in [0.05, 0.1) is 0 Å². The van der Waals surface area contributed by atoms with Gasteiger partial charge in [-0.3, -0.25) is 0 Å². The second-order valence-corrected chi connectivity index (χ2v) is 7.27. The summed E-state index contributed by atoms with van der Waals surface area (Å²) in [6, 6.07) is 7.45. The normalized spacial score (nSPS) is 14.8. The van der Waals surface area contributed by atoms with Crippen molar-refractivity contribution < 1.29 is 0 Å². The lowest BCUT2D eigenvalue weighted by Gasteiger charge is -2.10. The van der Waals surface area contributed by atoms with Gasteiger partial charge in [-0.2, -0.15) is 0 Å². The Kier molecular flexibility index (Phi) is 3.91. The number of thiazole rings is 1. The number of hydrogen-bond donors (Lipinski definition) is 1. The van der Waals surface area contributed by atoms with Gasteiger partial charge >= 0.3 is 0 Å². The third-order valence-electron chi connectivity index (χ3n) is 3.17. The average Bonchev–Trinajstić information content (AvgIpc) is 3.13. The van der Waals surface area contributed by atoms with Crippen molar-refractivity contribution in [3.05, 3.63) is 40.4 Å².